The first-order valence-corrected chi connectivity index (χ1v) is 8.57. The Morgan fingerprint density at radius 2 is 2.29 bits per heavy atom. The van der Waals surface area contributed by atoms with Gasteiger partial charge in [0.15, 0.2) is 5.96 Å². The first kappa shape index (κ1) is 18.4. The molecule has 1 heterocycles. The van der Waals surface area contributed by atoms with Gasteiger partial charge in [0.2, 0.25) is 0 Å². The van der Waals surface area contributed by atoms with E-state index in [0.29, 0.717) is 11.7 Å². The standard InChI is InChI=1S/C18H29N3O3/c1-4-24-13-14-8-10-21(12-14)18(19-2)20-9-7-15-5-6-16(23-3)11-17(15)22/h5-6,11,14,22H,4,7-10,12-13H2,1-3H3,(H,19,20). The molecule has 1 atom stereocenters. The Balaban J connectivity index is 1.80. The van der Waals surface area contributed by atoms with Gasteiger partial charge in [-0.05, 0) is 31.4 Å². The quantitative estimate of drug-likeness (QED) is 0.588. The van der Waals surface area contributed by atoms with Gasteiger partial charge in [-0.1, -0.05) is 6.07 Å². The Morgan fingerprint density at radius 1 is 1.46 bits per heavy atom. The van der Waals surface area contributed by atoms with Gasteiger partial charge < -0.3 is 24.8 Å². The average molecular weight is 335 g/mol. The molecule has 0 aromatic heterocycles. The van der Waals surface area contributed by atoms with Gasteiger partial charge in [-0.3, -0.25) is 4.99 Å². The molecule has 6 heteroatoms. The molecule has 1 aliphatic heterocycles. The molecule has 0 radical (unpaired) electrons. The lowest BCUT2D eigenvalue weighted by molar-refractivity contribution is 0.114. The smallest absolute Gasteiger partial charge is 0.193 e. The molecule has 1 fully saturated rings. The Morgan fingerprint density at radius 3 is 2.96 bits per heavy atom. The van der Waals surface area contributed by atoms with E-state index in [-0.39, 0.29) is 5.75 Å². The molecular formula is C18H29N3O3. The first-order chi connectivity index (χ1) is 11.7. The number of hydrogen-bond acceptors (Lipinski definition) is 4. The molecule has 1 aromatic carbocycles. The second-order valence-corrected chi connectivity index (χ2v) is 5.98. The maximum atomic E-state index is 10.0. The fourth-order valence-corrected chi connectivity index (χ4v) is 2.97. The molecule has 0 amide bonds. The van der Waals surface area contributed by atoms with E-state index in [9.17, 15) is 5.11 Å². The van der Waals surface area contributed by atoms with Gasteiger partial charge in [0.25, 0.3) is 0 Å². The van der Waals surface area contributed by atoms with E-state index >= 15 is 0 Å². The summed E-state index contributed by atoms with van der Waals surface area (Å²) in [6.45, 7) is 6.33. The Kier molecular flexibility index (Phi) is 7.18. The Bertz CT molecular complexity index is 548. The minimum Gasteiger partial charge on any atom is -0.508 e. The third-order valence-electron chi connectivity index (χ3n) is 4.32. The molecule has 0 saturated carbocycles. The number of ether oxygens (including phenoxy) is 2. The van der Waals surface area contributed by atoms with Crippen LogP contribution in [-0.4, -0.2) is 63.0 Å². The monoisotopic (exact) mass is 335 g/mol. The summed E-state index contributed by atoms with van der Waals surface area (Å²) in [5.41, 5.74) is 0.898. The molecule has 1 saturated heterocycles. The number of benzene rings is 1. The fourth-order valence-electron chi connectivity index (χ4n) is 2.97. The van der Waals surface area contributed by atoms with Crippen LogP contribution in [0, 0.1) is 5.92 Å². The molecule has 0 aliphatic carbocycles. The minimum absolute atomic E-state index is 0.268. The van der Waals surface area contributed by atoms with Crippen molar-refractivity contribution >= 4 is 5.96 Å². The highest BCUT2D eigenvalue weighted by atomic mass is 16.5. The predicted molar refractivity (Wildman–Crippen MR) is 95.9 cm³/mol. The number of likely N-dealkylation sites (tertiary alicyclic amines) is 1. The maximum absolute atomic E-state index is 10.0. The molecule has 0 bridgehead atoms. The van der Waals surface area contributed by atoms with Crippen molar-refractivity contribution in [3.8, 4) is 11.5 Å². The fraction of sp³-hybridized carbons (Fsp3) is 0.611. The van der Waals surface area contributed by atoms with Crippen LogP contribution in [0.15, 0.2) is 23.2 Å². The number of phenols is 1. The number of phenolic OH excluding ortho intramolecular Hbond substituents is 1. The second-order valence-electron chi connectivity index (χ2n) is 5.98. The summed E-state index contributed by atoms with van der Waals surface area (Å²) >= 11 is 0. The van der Waals surface area contributed by atoms with Gasteiger partial charge in [0.1, 0.15) is 11.5 Å². The zero-order valence-corrected chi connectivity index (χ0v) is 14.9. The largest absolute Gasteiger partial charge is 0.508 e. The van der Waals surface area contributed by atoms with Gasteiger partial charge in [-0.15, -0.1) is 0 Å². The SMILES string of the molecule is CCOCC1CCN(C(=NC)NCCc2ccc(OC)cc2O)C1. The van der Waals surface area contributed by atoms with Gasteiger partial charge in [0, 0.05) is 45.3 Å². The number of rotatable bonds is 7. The molecule has 1 aliphatic rings. The van der Waals surface area contributed by atoms with Crippen LogP contribution in [0.3, 0.4) is 0 Å². The van der Waals surface area contributed by atoms with Crippen molar-refractivity contribution in [2.45, 2.75) is 19.8 Å². The summed E-state index contributed by atoms with van der Waals surface area (Å²) in [6.07, 6.45) is 1.87. The van der Waals surface area contributed by atoms with E-state index in [1.54, 1.807) is 13.2 Å². The summed E-state index contributed by atoms with van der Waals surface area (Å²) in [7, 11) is 3.40. The number of nitrogens with zero attached hydrogens (tertiary/aromatic N) is 2. The number of hydrogen-bond donors (Lipinski definition) is 2. The highest BCUT2D eigenvalue weighted by molar-refractivity contribution is 5.80. The molecule has 1 aromatic rings. The predicted octanol–water partition coefficient (Wildman–Crippen LogP) is 1.88. The summed E-state index contributed by atoms with van der Waals surface area (Å²) in [5, 5.41) is 13.4. The number of aliphatic imine (C=N–C) groups is 1. The van der Waals surface area contributed by atoms with Crippen molar-refractivity contribution in [3.63, 3.8) is 0 Å². The van der Waals surface area contributed by atoms with Gasteiger partial charge in [0.05, 0.1) is 13.7 Å². The lowest BCUT2D eigenvalue weighted by Gasteiger charge is -2.22. The number of guanidine groups is 1. The third-order valence-corrected chi connectivity index (χ3v) is 4.32. The van der Waals surface area contributed by atoms with Crippen LogP contribution >= 0.6 is 0 Å². The van der Waals surface area contributed by atoms with Crippen molar-refractivity contribution < 1.29 is 14.6 Å². The van der Waals surface area contributed by atoms with Crippen LogP contribution in [-0.2, 0) is 11.2 Å². The van der Waals surface area contributed by atoms with E-state index in [2.05, 4.69) is 15.2 Å². The number of nitrogens with one attached hydrogen (secondary N) is 1. The van der Waals surface area contributed by atoms with E-state index < -0.39 is 0 Å². The normalized spacial score (nSPS) is 18.0. The van der Waals surface area contributed by atoms with Crippen molar-refractivity contribution in [1.82, 2.24) is 10.2 Å². The lowest BCUT2D eigenvalue weighted by Crippen LogP contribution is -2.41. The summed E-state index contributed by atoms with van der Waals surface area (Å²) < 4.78 is 10.6. The van der Waals surface area contributed by atoms with Crippen LogP contribution < -0.4 is 10.1 Å². The highest BCUT2D eigenvalue weighted by Gasteiger charge is 2.24. The van der Waals surface area contributed by atoms with Crippen molar-refractivity contribution in [2.24, 2.45) is 10.9 Å². The first-order valence-electron chi connectivity index (χ1n) is 8.57. The second kappa shape index (κ2) is 9.37. The van der Waals surface area contributed by atoms with Crippen LogP contribution in [0.4, 0.5) is 0 Å². The van der Waals surface area contributed by atoms with Gasteiger partial charge >= 0.3 is 0 Å². The van der Waals surface area contributed by atoms with E-state index in [4.69, 9.17) is 9.47 Å². The summed E-state index contributed by atoms with van der Waals surface area (Å²) in [5.74, 6) is 2.43. The maximum Gasteiger partial charge on any atom is 0.193 e. The zero-order valence-electron chi connectivity index (χ0n) is 14.9. The molecule has 2 rings (SSSR count). The van der Waals surface area contributed by atoms with Crippen LogP contribution in [0.5, 0.6) is 11.5 Å². The Labute approximate surface area is 144 Å². The highest BCUT2D eigenvalue weighted by Crippen LogP contribution is 2.23. The van der Waals surface area contributed by atoms with Crippen molar-refractivity contribution in [2.75, 3.05) is 47.0 Å². The van der Waals surface area contributed by atoms with Crippen molar-refractivity contribution in [1.29, 1.82) is 0 Å². The van der Waals surface area contributed by atoms with Gasteiger partial charge in [-0.25, -0.2) is 0 Å². The molecule has 134 valence electrons. The molecule has 0 spiro atoms. The van der Waals surface area contributed by atoms with Crippen LogP contribution in [0.2, 0.25) is 0 Å². The van der Waals surface area contributed by atoms with Crippen LogP contribution in [0.1, 0.15) is 18.9 Å². The Hall–Kier alpha value is -1.95. The summed E-state index contributed by atoms with van der Waals surface area (Å²) in [6, 6.07) is 5.40. The average Bonchev–Trinajstić information content (AvgIpc) is 3.06. The van der Waals surface area contributed by atoms with E-state index in [1.165, 1.54) is 0 Å². The van der Waals surface area contributed by atoms with E-state index in [1.807, 2.05) is 26.1 Å². The lowest BCUT2D eigenvalue weighted by atomic mass is 10.1. The molecule has 24 heavy (non-hydrogen) atoms. The minimum atomic E-state index is 0.268. The molecular weight excluding hydrogens is 306 g/mol. The van der Waals surface area contributed by atoms with Gasteiger partial charge in [-0.2, -0.15) is 0 Å². The number of aromatic hydroxyl groups is 1. The van der Waals surface area contributed by atoms with E-state index in [0.717, 1.165) is 57.2 Å². The van der Waals surface area contributed by atoms with Crippen molar-refractivity contribution in [3.05, 3.63) is 23.8 Å². The molecule has 2 N–H and O–H groups in total. The summed E-state index contributed by atoms with van der Waals surface area (Å²) in [4.78, 5) is 6.65. The van der Waals surface area contributed by atoms with Crippen LogP contribution in [0.25, 0.3) is 0 Å². The third kappa shape index (κ3) is 5.03. The zero-order chi connectivity index (χ0) is 17.4. The molecule has 6 nitrogen and oxygen atoms in total. The number of methoxy groups -OCH3 is 1. The molecule has 1 unspecified atom stereocenters. The topological polar surface area (TPSA) is 66.3 Å².